The van der Waals surface area contributed by atoms with Crippen LogP contribution in [-0.4, -0.2) is 53.8 Å². The van der Waals surface area contributed by atoms with Crippen molar-refractivity contribution >= 4 is 5.91 Å². The molecule has 2 heterocycles. The number of methoxy groups -OCH3 is 1. The van der Waals surface area contributed by atoms with E-state index in [1.807, 2.05) is 50.2 Å². The first-order valence-corrected chi connectivity index (χ1v) is 12.7. The molecule has 1 N–H and O–H groups in total. The molecule has 1 saturated heterocycles. The number of amides is 1. The molecule has 1 amide bonds. The molecule has 0 bridgehead atoms. The van der Waals surface area contributed by atoms with Gasteiger partial charge in [-0.05, 0) is 88.0 Å². The summed E-state index contributed by atoms with van der Waals surface area (Å²) in [6, 6.07) is 15.7. The predicted molar refractivity (Wildman–Crippen MR) is 138 cm³/mol. The van der Waals surface area contributed by atoms with E-state index in [4.69, 9.17) is 14.0 Å². The highest BCUT2D eigenvalue weighted by Crippen LogP contribution is 2.22. The van der Waals surface area contributed by atoms with Gasteiger partial charge in [0, 0.05) is 18.7 Å². The van der Waals surface area contributed by atoms with Crippen LogP contribution in [0.2, 0.25) is 0 Å². The Hall–Kier alpha value is -3.39. The Morgan fingerprint density at radius 1 is 1.19 bits per heavy atom. The second kappa shape index (κ2) is 12.5. The first-order chi connectivity index (χ1) is 17.5. The van der Waals surface area contributed by atoms with Gasteiger partial charge in [0.1, 0.15) is 11.5 Å². The molecule has 0 spiro atoms. The lowest BCUT2D eigenvalue weighted by Gasteiger charge is -2.30. The van der Waals surface area contributed by atoms with Crippen LogP contribution >= 0.6 is 0 Å². The van der Waals surface area contributed by atoms with Gasteiger partial charge < -0.3 is 19.3 Å². The number of hydrogen-bond donors (Lipinski definition) is 1. The van der Waals surface area contributed by atoms with Crippen molar-refractivity contribution in [3.05, 3.63) is 60.0 Å². The minimum Gasteiger partial charge on any atom is -0.497 e. The minimum atomic E-state index is -0.0227. The maximum Gasteiger partial charge on any atom is 0.241 e. The third kappa shape index (κ3) is 7.31. The summed E-state index contributed by atoms with van der Waals surface area (Å²) in [4.78, 5) is 19.6. The van der Waals surface area contributed by atoms with Crippen molar-refractivity contribution in [2.75, 3.05) is 26.7 Å². The van der Waals surface area contributed by atoms with Crippen molar-refractivity contribution in [3.8, 4) is 22.9 Å². The van der Waals surface area contributed by atoms with Gasteiger partial charge in [-0.3, -0.25) is 9.69 Å². The Morgan fingerprint density at radius 3 is 2.81 bits per heavy atom. The van der Waals surface area contributed by atoms with Gasteiger partial charge in [0.25, 0.3) is 0 Å². The largest absolute Gasteiger partial charge is 0.497 e. The summed E-state index contributed by atoms with van der Waals surface area (Å²) < 4.78 is 16.4. The number of hydrogen-bond acceptors (Lipinski definition) is 7. The molecule has 192 valence electrons. The van der Waals surface area contributed by atoms with Crippen molar-refractivity contribution in [3.63, 3.8) is 0 Å². The molecule has 0 aliphatic carbocycles. The number of rotatable bonds is 11. The Balaban J connectivity index is 1.21. The van der Waals surface area contributed by atoms with E-state index in [0.717, 1.165) is 49.3 Å². The summed E-state index contributed by atoms with van der Waals surface area (Å²) in [5.74, 6) is 2.90. The third-order valence-corrected chi connectivity index (χ3v) is 6.26. The Kier molecular flexibility index (Phi) is 8.95. The standard InChI is InChI=1S/C28H36N4O4/c1-20(2)35-25-10-4-7-21(17-25)8-5-15-29-28(33)23-9-6-16-32(18-23)19-26-30-27(31-36-26)22-11-13-24(34-3)14-12-22/h4,7,10-14,17,20,23H,5-6,8-9,15-16,18-19H2,1-3H3,(H,29,33). The number of nitrogens with one attached hydrogen (secondary N) is 1. The van der Waals surface area contributed by atoms with Gasteiger partial charge >= 0.3 is 0 Å². The molecule has 8 heteroatoms. The SMILES string of the molecule is COc1ccc(-c2noc(CN3CCCC(C(=O)NCCCc4cccc(OC(C)C)c4)C3)n2)cc1. The molecule has 1 unspecified atom stereocenters. The number of nitrogens with zero attached hydrogens (tertiary/aromatic N) is 3. The van der Waals surface area contributed by atoms with Crippen LogP contribution in [0.15, 0.2) is 53.1 Å². The van der Waals surface area contributed by atoms with E-state index in [0.29, 0.717) is 31.3 Å². The van der Waals surface area contributed by atoms with Crippen LogP contribution in [-0.2, 0) is 17.8 Å². The number of piperidine rings is 1. The maximum absolute atomic E-state index is 12.8. The molecule has 2 aromatic carbocycles. The van der Waals surface area contributed by atoms with E-state index in [-0.39, 0.29) is 17.9 Å². The topological polar surface area (TPSA) is 89.7 Å². The Labute approximate surface area is 213 Å². The molecule has 1 atom stereocenters. The molecule has 8 nitrogen and oxygen atoms in total. The van der Waals surface area contributed by atoms with Crippen molar-refractivity contribution in [2.45, 2.75) is 52.2 Å². The number of benzene rings is 2. The fourth-order valence-electron chi connectivity index (χ4n) is 4.48. The molecular weight excluding hydrogens is 456 g/mol. The van der Waals surface area contributed by atoms with Gasteiger partial charge in [0.15, 0.2) is 0 Å². The van der Waals surface area contributed by atoms with Gasteiger partial charge in [0.2, 0.25) is 17.6 Å². The minimum absolute atomic E-state index is 0.0227. The maximum atomic E-state index is 12.8. The highest BCUT2D eigenvalue weighted by Gasteiger charge is 2.26. The van der Waals surface area contributed by atoms with Crippen molar-refractivity contribution in [1.29, 1.82) is 0 Å². The monoisotopic (exact) mass is 492 g/mol. The molecule has 1 aliphatic heterocycles. The van der Waals surface area contributed by atoms with E-state index < -0.39 is 0 Å². The lowest BCUT2D eigenvalue weighted by molar-refractivity contribution is -0.126. The number of likely N-dealkylation sites (tertiary alicyclic amines) is 1. The second-order valence-corrected chi connectivity index (χ2v) is 9.52. The summed E-state index contributed by atoms with van der Waals surface area (Å²) >= 11 is 0. The van der Waals surface area contributed by atoms with E-state index in [1.54, 1.807) is 7.11 Å². The molecule has 3 aromatic rings. The zero-order valence-corrected chi connectivity index (χ0v) is 21.4. The average Bonchev–Trinajstić information content (AvgIpc) is 3.35. The van der Waals surface area contributed by atoms with Gasteiger partial charge in [0.05, 0.1) is 25.7 Å². The van der Waals surface area contributed by atoms with E-state index in [9.17, 15) is 4.79 Å². The summed E-state index contributed by atoms with van der Waals surface area (Å²) in [7, 11) is 1.64. The van der Waals surface area contributed by atoms with Crippen LogP contribution in [0.5, 0.6) is 11.5 Å². The lowest BCUT2D eigenvalue weighted by Crippen LogP contribution is -2.43. The van der Waals surface area contributed by atoms with Gasteiger partial charge in [-0.15, -0.1) is 0 Å². The third-order valence-electron chi connectivity index (χ3n) is 6.26. The number of carbonyl (C=O) groups excluding carboxylic acids is 1. The molecule has 1 aliphatic rings. The Morgan fingerprint density at radius 2 is 2.03 bits per heavy atom. The Bertz CT molecular complexity index is 1110. The number of carbonyl (C=O) groups is 1. The number of ether oxygens (including phenoxy) is 2. The van der Waals surface area contributed by atoms with E-state index in [2.05, 4.69) is 32.5 Å². The van der Waals surface area contributed by atoms with Crippen LogP contribution in [0.3, 0.4) is 0 Å². The van der Waals surface area contributed by atoms with Gasteiger partial charge in [-0.1, -0.05) is 17.3 Å². The van der Waals surface area contributed by atoms with Crippen LogP contribution in [0.4, 0.5) is 0 Å². The van der Waals surface area contributed by atoms with Crippen LogP contribution < -0.4 is 14.8 Å². The fraction of sp³-hybridized carbons (Fsp3) is 0.464. The summed E-state index contributed by atoms with van der Waals surface area (Å²) in [6.45, 7) is 6.87. The van der Waals surface area contributed by atoms with Gasteiger partial charge in [-0.2, -0.15) is 4.98 Å². The summed E-state index contributed by atoms with van der Waals surface area (Å²) in [5.41, 5.74) is 2.10. The van der Waals surface area contributed by atoms with Crippen LogP contribution in [0, 0.1) is 5.92 Å². The van der Waals surface area contributed by atoms with E-state index >= 15 is 0 Å². The van der Waals surface area contributed by atoms with Crippen molar-refractivity contribution in [1.82, 2.24) is 20.4 Å². The van der Waals surface area contributed by atoms with Crippen LogP contribution in [0.25, 0.3) is 11.4 Å². The summed E-state index contributed by atoms with van der Waals surface area (Å²) in [5, 5.41) is 7.25. The molecule has 0 saturated carbocycles. The molecule has 0 radical (unpaired) electrons. The van der Waals surface area contributed by atoms with E-state index in [1.165, 1.54) is 5.56 Å². The van der Waals surface area contributed by atoms with Crippen LogP contribution in [0.1, 0.15) is 44.6 Å². The smallest absolute Gasteiger partial charge is 0.241 e. The van der Waals surface area contributed by atoms with Crippen molar-refractivity contribution < 1.29 is 18.8 Å². The first-order valence-electron chi connectivity index (χ1n) is 12.7. The molecule has 1 aromatic heterocycles. The quantitative estimate of drug-likeness (QED) is 0.394. The molecular formula is C28H36N4O4. The zero-order valence-electron chi connectivity index (χ0n) is 21.4. The molecule has 1 fully saturated rings. The fourth-order valence-corrected chi connectivity index (χ4v) is 4.48. The second-order valence-electron chi connectivity index (χ2n) is 9.52. The molecule has 4 rings (SSSR count). The van der Waals surface area contributed by atoms with Crippen molar-refractivity contribution in [2.24, 2.45) is 5.92 Å². The summed E-state index contributed by atoms with van der Waals surface area (Å²) in [6.07, 6.45) is 3.83. The van der Waals surface area contributed by atoms with Gasteiger partial charge in [-0.25, -0.2) is 0 Å². The highest BCUT2D eigenvalue weighted by molar-refractivity contribution is 5.78. The first kappa shape index (κ1) is 25.7. The normalized spacial score (nSPS) is 16.2. The number of aromatic nitrogens is 2. The number of aryl methyl sites for hydroxylation is 1. The highest BCUT2D eigenvalue weighted by atomic mass is 16.5. The zero-order chi connectivity index (χ0) is 25.3. The predicted octanol–water partition coefficient (Wildman–Crippen LogP) is 4.49. The molecule has 36 heavy (non-hydrogen) atoms. The lowest BCUT2D eigenvalue weighted by atomic mass is 9.97. The average molecular weight is 493 g/mol.